The van der Waals surface area contributed by atoms with Crippen molar-refractivity contribution in [3.05, 3.63) is 41.4 Å². The molecule has 28 heavy (non-hydrogen) atoms. The van der Waals surface area contributed by atoms with Crippen molar-refractivity contribution in [2.75, 3.05) is 38.0 Å². The molecule has 1 aliphatic heterocycles. The van der Waals surface area contributed by atoms with Crippen molar-refractivity contribution in [3.8, 4) is 0 Å². The molecule has 1 fully saturated rings. The second-order valence-electron chi connectivity index (χ2n) is 6.42. The number of nitrogens with zero attached hydrogens (tertiary/aromatic N) is 3. The number of anilines is 2. The smallest absolute Gasteiger partial charge is 0.270 e. The summed E-state index contributed by atoms with van der Waals surface area (Å²) in [6.45, 7) is 3.97. The van der Waals surface area contributed by atoms with Gasteiger partial charge in [-0.05, 0) is 12.1 Å². The largest absolute Gasteiger partial charge is 0.350 e. The number of para-hydroxylation sites is 1. The molecule has 2 heterocycles. The van der Waals surface area contributed by atoms with Crippen LogP contribution in [0.25, 0.3) is 0 Å². The van der Waals surface area contributed by atoms with Crippen LogP contribution >= 0.6 is 11.3 Å². The minimum atomic E-state index is -0.299. The molecule has 0 aliphatic carbocycles. The standard InChI is InChI=1S/C19H23N5O3S/c1-14(25)23-9-11-24(12-10-23)17(26)7-8-20-18(27)16-13-28-19(22-16)21-15-5-3-2-4-6-15/h2-6,13H,7-12H2,1H3,(H,20,27)(H,21,22). The molecule has 0 spiro atoms. The van der Waals surface area contributed by atoms with Gasteiger partial charge in [-0.15, -0.1) is 11.3 Å². The molecule has 1 aromatic heterocycles. The Morgan fingerprint density at radius 3 is 2.43 bits per heavy atom. The summed E-state index contributed by atoms with van der Waals surface area (Å²) in [7, 11) is 0. The maximum absolute atomic E-state index is 12.2. The van der Waals surface area contributed by atoms with Gasteiger partial charge in [-0.2, -0.15) is 0 Å². The van der Waals surface area contributed by atoms with Gasteiger partial charge in [0.1, 0.15) is 5.69 Å². The summed E-state index contributed by atoms with van der Waals surface area (Å²) < 4.78 is 0. The van der Waals surface area contributed by atoms with Crippen molar-refractivity contribution in [1.29, 1.82) is 0 Å². The number of hydrogen-bond donors (Lipinski definition) is 2. The number of hydrogen-bond acceptors (Lipinski definition) is 6. The highest BCUT2D eigenvalue weighted by Crippen LogP contribution is 2.20. The highest BCUT2D eigenvalue weighted by molar-refractivity contribution is 7.14. The molecule has 148 valence electrons. The van der Waals surface area contributed by atoms with Crippen LogP contribution in [-0.2, 0) is 9.59 Å². The topological polar surface area (TPSA) is 94.6 Å². The fraction of sp³-hybridized carbons (Fsp3) is 0.368. The first kappa shape index (κ1) is 19.8. The van der Waals surface area contributed by atoms with Gasteiger partial charge in [-0.1, -0.05) is 18.2 Å². The SMILES string of the molecule is CC(=O)N1CCN(C(=O)CCNC(=O)c2csc(Nc3ccccc3)n2)CC1. The summed E-state index contributed by atoms with van der Waals surface area (Å²) in [6, 6.07) is 9.60. The molecule has 3 amide bonds. The van der Waals surface area contributed by atoms with Crippen molar-refractivity contribution < 1.29 is 14.4 Å². The van der Waals surface area contributed by atoms with Crippen LogP contribution in [0.3, 0.4) is 0 Å². The van der Waals surface area contributed by atoms with E-state index in [0.29, 0.717) is 37.0 Å². The van der Waals surface area contributed by atoms with E-state index in [-0.39, 0.29) is 30.7 Å². The zero-order valence-corrected chi connectivity index (χ0v) is 16.5. The van der Waals surface area contributed by atoms with Crippen molar-refractivity contribution >= 4 is 39.9 Å². The van der Waals surface area contributed by atoms with Crippen LogP contribution in [0.4, 0.5) is 10.8 Å². The number of carbonyl (C=O) groups is 3. The second kappa shape index (κ2) is 9.32. The highest BCUT2D eigenvalue weighted by atomic mass is 32.1. The average molecular weight is 401 g/mol. The predicted octanol–water partition coefficient (Wildman–Crippen LogP) is 1.70. The van der Waals surface area contributed by atoms with Gasteiger partial charge in [0.15, 0.2) is 5.13 Å². The van der Waals surface area contributed by atoms with E-state index < -0.39 is 0 Å². The Morgan fingerprint density at radius 1 is 1.07 bits per heavy atom. The molecule has 0 atom stereocenters. The molecule has 2 N–H and O–H groups in total. The summed E-state index contributed by atoms with van der Waals surface area (Å²) in [4.78, 5) is 43.5. The summed E-state index contributed by atoms with van der Waals surface area (Å²) in [5.74, 6) is -0.288. The summed E-state index contributed by atoms with van der Waals surface area (Å²) >= 11 is 1.35. The Bertz CT molecular complexity index is 831. The zero-order valence-electron chi connectivity index (χ0n) is 15.7. The van der Waals surface area contributed by atoms with E-state index in [0.717, 1.165) is 5.69 Å². The Balaban J connectivity index is 1.41. The van der Waals surface area contributed by atoms with Gasteiger partial charge in [-0.25, -0.2) is 4.98 Å². The van der Waals surface area contributed by atoms with Gasteiger partial charge in [0.2, 0.25) is 11.8 Å². The molecule has 1 saturated heterocycles. The molecule has 3 rings (SSSR count). The third-order valence-corrected chi connectivity index (χ3v) is 5.22. The van der Waals surface area contributed by atoms with Crippen molar-refractivity contribution in [2.45, 2.75) is 13.3 Å². The highest BCUT2D eigenvalue weighted by Gasteiger charge is 2.22. The van der Waals surface area contributed by atoms with E-state index in [1.54, 1.807) is 15.2 Å². The Kier molecular flexibility index (Phi) is 6.59. The maximum Gasteiger partial charge on any atom is 0.270 e. The van der Waals surface area contributed by atoms with Crippen LogP contribution in [0.15, 0.2) is 35.7 Å². The Hall–Kier alpha value is -2.94. The predicted molar refractivity (Wildman–Crippen MR) is 108 cm³/mol. The normalized spacial score (nSPS) is 13.9. The molecule has 0 saturated carbocycles. The number of rotatable bonds is 6. The van der Waals surface area contributed by atoms with Crippen LogP contribution < -0.4 is 10.6 Å². The number of carbonyl (C=O) groups excluding carboxylic acids is 3. The van der Waals surface area contributed by atoms with E-state index in [1.165, 1.54) is 18.3 Å². The van der Waals surface area contributed by atoms with E-state index in [1.807, 2.05) is 30.3 Å². The van der Waals surface area contributed by atoms with Crippen LogP contribution in [-0.4, -0.2) is 65.2 Å². The molecule has 0 bridgehead atoms. The molecule has 2 aromatic rings. The minimum absolute atomic E-state index is 0.0202. The third-order valence-electron chi connectivity index (χ3n) is 4.46. The number of piperazine rings is 1. The van der Waals surface area contributed by atoms with Gasteiger partial charge in [0.05, 0.1) is 0 Å². The summed E-state index contributed by atoms with van der Waals surface area (Å²) in [5, 5.41) is 8.20. The third kappa shape index (κ3) is 5.29. The molecule has 0 unspecified atom stereocenters. The first-order valence-electron chi connectivity index (χ1n) is 9.12. The minimum Gasteiger partial charge on any atom is -0.350 e. The van der Waals surface area contributed by atoms with Crippen LogP contribution in [0.1, 0.15) is 23.8 Å². The number of aromatic nitrogens is 1. The molecule has 1 aromatic carbocycles. The van der Waals surface area contributed by atoms with Crippen LogP contribution in [0.5, 0.6) is 0 Å². The van der Waals surface area contributed by atoms with E-state index in [9.17, 15) is 14.4 Å². The first-order valence-corrected chi connectivity index (χ1v) is 10.00. The lowest BCUT2D eigenvalue weighted by Crippen LogP contribution is -2.50. The number of nitrogens with one attached hydrogen (secondary N) is 2. The molecule has 1 aliphatic rings. The molecule has 8 nitrogen and oxygen atoms in total. The fourth-order valence-electron chi connectivity index (χ4n) is 2.88. The van der Waals surface area contributed by atoms with Crippen molar-refractivity contribution in [1.82, 2.24) is 20.1 Å². The lowest BCUT2D eigenvalue weighted by Gasteiger charge is -2.34. The van der Waals surface area contributed by atoms with Crippen molar-refractivity contribution in [2.24, 2.45) is 0 Å². The van der Waals surface area contributed by atoms with Gasteiger partial charge in [-0.3, -0.25) is 14.4 Å². The lowest BCUT2D eigenvalue weighted by atomic mass is 10.2. The maximum atomic E-state index is 12.2. The van der Waals surface area contributed by atoms with Gasteiger partial charge in [0, 0.05) is 57.1 Å². The van der Waals surface area contributed by atoms with Gasteiger partial charge < -0.3 is 20.4 Å². The number of benzene rings is 1. The molecule has 0 radical (unpaired) electrons. The van der Waals surface area contributed by atoms with Crippen LogP contribution in [0, 0.1) is 0 Å². The molecular weight excluding hydrogens is 378 g/mol. The number of thiazole rings is 1. The summed E-state index contributed by atoms with van der Waals surface area (Å²) in [6.07, 6.45) is 0.227. The second-order valence-corrected chi connectivity index (χ2v) is 7.28. The first-order chi connectivity index (χ1) is 13.5. The van der Waals surface area contributed by atoms with E-state index in [2.05, 4.69) is 15.6 Å². The quantitative estimate of drug-likeness (QED) is 0.768. The average Bonchev–Trinajstić information content (AvgIpc) is 3.17. The lowest BCUT2D eigenvalue weighted by molar-refractivity contribution is -0.138. The van der Waals surface area contributed by atoms with Crippen molar-refractivity contribution in [3.63, 3.8) is 0 Å². The molecule has 9 heteroatoms. The van der Waals surface area contributed by atoms with Gasteiger partial charge >= 0.3 is 0 Å². The monoisotopic (exact) mass is 401 g/mol. The molecular formula is C19H23N5O3S. The Morgan fingerprint density at radius 2 is 1.75 bits per heavy atom. The number of amides is 3. The zero-order chi connectivity index (χ0) is 19.9. The van der Waals surface area contributed by atoms with Crippen LogP contribution in [0.2, 0.25) is 0 Å². The van der Waals surface area contributed by atoms with E-state index in [4.69, 9.17) is 0 Å². The van der Waals surface area contributed by atoms with E-state index >= 15 is 0 Å². The van der Waals surface area contributed by atoms with Gasteiger partial charge in [0.25, 0.3) is 5.91 Å². The fourth-order valence-corrected chi connectivity index (χ4v) is 3.59. The Labute approximate surface area is 167 Å². The summed E-state index contributed by atoms with van der Waals surface area (Å²) in [5.41, 5.74) is 1.23.